The highest BCUT2D eigenvalue weighted by atomic mass is 16.5. The minimum atomic E-state index is 0.0511. The molecular formula is C14H26O2. The van der Waals surface area contributed by atoms with Crippen LogP contribution in [-0.4, -0.2) is 12.1 Å². The number of hydrogen-bond donors (Lipinski definition) is 0. The Balaban J connectivity index is 2.31. The van der Waals surface area contributed by atoms with Gasteiger partial charge in [-0.25, -0.2) is 0 Å². The third kappa shape index (κ3) is 4.15. The van der Waals surface area contributed by atoms with Crippen molar-refractivity contribution in [1.29, 1.82) is 0 Å². The maximum Gasteiger partial charge on any atom is 0.309 e. The fourth-order valence-corrected chi connectivity index (χ4v) is 2.42. The highest BCUT2D eigenvalue weighted by Crippen LogP contribution is 2.26. The molecule has 0 amide bonds. The second kappa shape index (κ2) is 6.93. The van der Waals surface area contributed by atoms with Crippen LogP contribution in [0.4, 0.5) is 0 Å². The zero-order valence-electron chi connectivity index (χ0n) is 11.0. The first-order chi connectivity index (χ1) is 7.65. The Morgan fingerprint density at radius 2 is 1.88 bits per heavy atom. The molecule has 0 heterocycles. The molecule has 2 atom stereocenters. The summed E-state index contributed by atoms with van der Waals surface area (Å²) in [5, 5.41) is 0. The molecule has 0 spiro atoms. The van der Waals surface area contributed by atoms with Crippen molar-refractivity contribution in [2.24, 2.45) is 11.8 Å². The predicted molar refractivity (Wildman–Crippen MR) is 66.2 cm³/mol. The van der Waals surface area contributed by atoms with Crippen LogP contribution >= 0.6 is 0 Å². The molecule has 0 aromatic carbocycles. The van der Waals surface area contributed by atoms with Crippen molar-refractivity contribution in [3.05, 3.63) is 0 Å². The summed E-state index contributed by atoms with van der Waals surface area (Å²) in [6, 6.07) is 0. The molecular weight excluding hydrogens is 200 g/mol. The van der Waals surface area contributed by atoms with Crippen LogP contribution in [-0.2, 0) is 9.53 Å². The van der Waals surface area contributed by atoms with Crippen LogP contribution in [0.15, 0.2) is 0 Å². The van der Waals surface area contributed by atoms with Gasteiger partial charge in [-0.1, -0.05) is 39.5 Å². The van der Waals surface area contributed by atoms with Crippen molar-refractivity contribution >= 4 is 5.97 Å². The van der Waals surface area contributed by atoms with Gasteiger partial charge >= 0.3 is 5.97 Å². The fraction of sp³-hybridized carbons (Fsp3) is 0.929. The van der Waals surface area contributed by atoms with Gasteiger partial charge < -0.3 is 4.74 Å². The first kappa shape index (κ1) is 13.5. The summed E-state index contributed by atoms with van der Waals surface area (Å²) in [6.45, 7) is 6.37. The fourth-order valence-electron chi connectivity index (χ4n) is 2.42. The first-order valence-electron chi connectivity index (χ1n) is 6.85. The van der Waals surface area contributed by atoms with Gasteiger partial charge in [-0.05, 0) is 32.1 Å². The number of carbonyl (C=O) groups excluding carboxylic acids is 1. The second-order valence-electron chi connectivity index (χ2n) is 5.24. The van der Waals surface area contributed by atoms with E-state index in [2.05, 4.69) is 13.8 Å². The zero-order valence-corrected chi connectivity index (χ0v) is 11.0. The Morgan fingerprint density at radius 1 is 1.25 bits per heavy atom. The number of ether oxygens (including phenoxy) is 1. The number of hydrogen-bond acceptors (Lipinski definition) is 2. The zero-order chi connectivity index (χ0) is 12.0. The molecule has 0 saturated heterocycles. The highest BCUT2D eigenvalue weighted by Gasteiger charge is 2.25. The standard InChI is InChI=1S/C14H26O2/c1-4-8-11(2)12(3)16-14(15)13-9-6-5-7-10-13/h11-13H,4-10H2,1-3H3. The Hall–Kier alpha value is -0.530. The first-order valence-corrected chi connectivity index (χ1v) is 6.85. The van der Waals surface area contributed by atoms with Gasteiger partial charge in [0.25, 0.3) is 0 Å². The molecule has 1 fully saturated rings. The van der Waals surface area contributed by atoms with Gasteiger partial charge in [0.1, 0.15) is 6.10 Å². The summed E-state index contributed by atoms with van der Waals surface area (Å²) in [7, 11) is 0. The normalized spacial score (nSPS) is 21.4. The van der Waals surface area contributed by atoms with E-state index in [9.17, 15) is 4.79 Å². The number of rotatable bonds is 5. The minimum Gasteiger partial charge on any atom is -0.462 e. The van der Waals surface area contributed by atoms with Gasteiger partial charge in [-0.3, -0.25) is 4.79 Å². The Kier molecular flexibility index (Phi) is 5.86. The molecule has 1 aliphatic carbocycles. The van der Waals surface area contributed by atoms with Crippen molar-refractivity contribution in [2.45, 2.75) is 71.8 Å². The Morgan fingerprint density at radius 3 is 2.44 bits per heavy atom. The van der Waals surface area contributed by atoms with Crippen molar-refractivity contribution in [1.82, 2.24) is 0 Å². The molecule has 0 radical (unpaired) electrons. The van der Waals surface area contributed by atoms with Crippen LogP contribution in [0, 0.1) is 11.8 Å². The maximum atomic E-state index is 11.9. The van der Waals surface area contributed by atoms with Crippen LogP contribution in [0.25, 0.3) is 0 Å². The number of carbonyl (C=O) groups is 1. The minimum absolute atomic E-state index is 0.0511. The van der Waals surface area contributed by atoms with Crippen molar-refractivity contribution in [3.8, 4) is 0 Å². The predicted octanol–water partition coefficient (Wildman–Crippen LogP) is 3.93. The van der Waals surface area contributed by atoms with Crippen molar-refractivity contribution < 1.29 is 9.53 Å². The summed E-state index contributed by atoms with van der Waals surface area (Å²) in [4.78, 5) is 11.9. The maximum absolute atomic E-state index is 11.9. The van der Waals surface area contributed by atoms with Gasteiger partial charge in [0.2, 0.25) is 0 Å². The average Bonchev–Trinajstić information content (AvgIpc) is 2.30. The third-order valence-electron chi connectivity index (χ3n) is 3.79. The molecule has 94 valence electrons. The van der Waals surface area contributed by atoms with Gasteiger partial charge in [0.05, 0.1) is 5.92 Å². The topological polar surface area (TPSA) is 26.3 Å². The van der Waals surface area contributed by atoms with E-state index in [0.29, 0.717) is 5.92 Å². The van der Waals surface area contributed by atoms with Gasteiger partial charge in [-0.2, -0.15) is 0 Å². The number of esters is 1. The molecule has 1 saturated carbocycles. The van der Waals surface area contributed by atoms with E-state index < -0.39 is 0 Å². The van der Waals surface area contributed by atoms with E-state index in [-0.39, 0.29) is 18.0 Å². The molecule has 0 bridgehead atoms. The summed E-state index contributed by atoms with van der Waals surface area (Å²) in [5.74, 6) is 0.720. The van der Waals surface area contributed by atoms with E-state index >= 15 is 0 Å². The van der Waals surface area contributed by atoms with Crippen molar-refractivity contribution in [2.75, 3.05) is 0 Å². The van der Waals surface area contributed by atoms with Crippen LogP contribution in [0.5, 0.6) is 0 Å². The Labute approximate surface area is 99.8 Å². The van der Waals surface area contributed by atoms with Gasteiger partial charge in [-0.15, -0.1) is 0 Å². The molecule has 1 rings (SSSR count). The largest absolute Gasteiger partial charge is 0.462 e. The highest BCUT2D eigenvalue weighted by molar-refractivity contribution is 5.72. The van der Waals surface area contributed by atoms with E-state index in [1.54, 1.807) is 0 Å². The Bertz CT molecular complexity index is 207. The van der Waals surface area contributed by atoms with E-state index in [1.165, 1.54) is 19.3 Å². The smallest absolute Gasteiger partial charge is 0.309 e. The van der Waals surface area contributed by atoms with Gasteiger partial charge in [0, 0.05) is 0 Å². The molecule has 16 heavy (non-hydrogen) atoms. The van der Waals surface area contributed by atoms with Crippen LogP contribution < -0.4 is 0 Å². The molecule has 2 heteroatoms. The molecule has 0 aromatic rings. The summed E-state index contributed by atoms with van der Waals surface area (Å²) >= 11 is 0. The lowest BCUT2D eigenvalue weighted by Crippen LogP contribution is -2.27. The molecule has 2 unspecified atom stereocenters. The van der Waals surface area contributed by atoms with E-state index in [4.69, 9.17) is 4.74 Å². The van der Waals surface area contributed by atoms with E-state index in [0.717, 1.165) is 25.7 Å². The van der Waals surface area contributed by atoms with E-state index in [1.807, 2.05) is 6.92 Å². The van der Waals surface area contributed by atoms with Gasteiger partial charge in [0.15, 0.2) is 0 Å². The lowest BCUT2D eigenvalue weighted by Gasteiger charge is -2.25. The van der Waals surface area contributed by atoms with Crippen molar-refractivity contribution in [3.63, 3.8) is 0 Å². The molecule has 0 aliphatic heterocycles. The lowest BCUT2D eigenvalue weighted by molar-refractivity contribution is -0.156. The summed E-state index contributed by atoms with van der Waals surface area (Å²) < 4.78 is 5.57. The molecule has 1 aliphatic rings. The molecule has 2 nitrogen and oxygen atoms in total. The molecule has 0 aromatic heterocycles. The second-order valence-corrected chi connectivity index (χ2v) is 5.24. The molecule has 0 N–H and O–H groups in total. The monoisotopic (exact) mass is 226 g/mol. The summed E-state index contributed by atoms with van der Waals surface area (Å²) in [5.41, 5.74) is 0. The quantitative estimate of drug-likeness (QED) is 0.664. The average molecular weight is 226 g/mol. The van der Waals surface area contributed by atoms with Crippen LogP contribution in [0.1, 0.15) is 65.7 Å². The third-order valence-corrected chi connectivity index (χ3v) is 3.79. The SMILES string of the molecule is CCCC(C)C(C)OC(=O)C1CCCCC1. The van der Waals surface area contributed by atoms with Crippen LogP contribution in [0.2, 0.25) is 0 Å². The lowest BCUT2D eigenvalue weighted by atomic mass is 9.89. The summed E-state index contributed by atoms with van der Waals surface area (Å²) in [6.07, 6.45) is 8.12. The van der Waals surface area contributed by atoms with Crippen LogP contribution in [0.3, 0.4) is 0 Å².